The smallest absolute Gasteiger partial charge is 0.351 e. The van der Waals surface area contributed by atoms with Crippen molar-refractivity contribution in [2.45, 2.75) is 44.0 Å². The van der Waals surface area contributed by atoms with E-state index in [1.54, 1.807) is 0 Å². The van der Waals surface area contributed by atoms with E-state index < -0.39 is 42.9 Å². The van der Waals surface area contributed by atoms with Crippen molar-refractivity contribution >= 4 is 11.7 Å². The Balaban J connectivity index is 2.29. The van der Waals surface area contributed by atoms with E-state index in [2.05, 4.69) is 10.3 Å². The van der Waals surface area contributed by atoms with Crippen molar-refractivity contribution in [3.8, 4) is 0 Å². The molecule has 128 valence electrons. The van der Waals surface area contributed by atoms with Crippen molar-refractivity contribution in [1.82, 2.24) is 9.55 Å². The van der Waals surface area contributed by atoms with Gasteiger partial charge in [-0.3, -0.25) is 9.36 Å². The van der Waals surface area contributed by atoms with E-state index in [0.29, 0.717) is 0 Å². The van der Waals surface area contributed by atoms with Gasteiger partial charge in [0.25, 0.3) is 0 Å². The van der Waals surface area contributed by atoms with Crippen LogP contribution in [0, 0.1) is 0 Å². The van der Waals surface area contributed by atoms with E-state index >= 15 is 0 Å². The molecule has 5 N–H and O–H groups in total. The zero-order valence-corrected chi connectivity index (χ0v) is 12.4. The average Bonchev–Trinajstić information content (AvgIpc) is 2.58. The van der Waals surface area contributed by atoms with E-state index in [1.807, 2.05) is 0 Å². The minimum atomic E-state index is -1.51. The van der Waals surface area contributed by atoms with Gasteiger partial charge in [-0.15, -0.1) is 0 Å². The van der Waals surface area contributed by atoms with Crippen LogP contribution in [0.4, 0.5) is 5.82 Å². The zero-order valence-electron chi connectivity index (χ0n) is 12.4. The van der Waals surface area contributed by atoms with E-state index in [0.717, 1.165) is 4.57 Å². The predicted molar refractivity (Wildman–Crippen MR) is 76.4 cm³/mol. The van der Waals surface area contributed by atoms with Crippen molar-refractivity contribution in [3.05, 3.63) is 22.7 Å². The van der Waals surface area contributed by atoms with Gasteiger partial charge in [-0.2, -0.15) is 4.98 Å². The van der Waals surface area contributed by atoms with Crippen LogP contribution in [-0.4, -0.2) is 66.9 Å². The molecule has 0 bridgehead atoms. The first-order valence-corrected chi connectivity index (χ1v) is 7.00. The Bertz CT molecular complexity index is 620. The number of amides is 1. The molecule has 2 heterocycles. The SMILES string of the molecule is CC(=O)Nc1ccn(C2C[C@H](O)[C@H](O)[C@H](O)C(CO)O2)c(=O)n1. The fourth-order valence-corrected chi connectivity index (χ4v) is 2.34. The molecule has 1 saturated heterocycles. The molecule has 1 aromatic rings. The lowest BCUT2D eigenvalue weighted by molar-refractivity contribution is -0.132. The maximum absolute atomic E-state index is 12.0. The summed E-state index contributed by atoms with van der Waals surface area (Å²) in [6.45, 7) is 0.667. The molecule has 10 nitrogen and oxygen atoms in total. The van der Waals surface area contributed by atoms with Crippen LogP contribution in [0.1, 0.15) is 19.6 Å². The third-order valence-electron chi connectivity index (χ3n) is 3.52. The Morgan fingerprint density at radius 3 is 2.70 bits per heavy atom. The van der Waals surface area contributed by atoms with Gasteiger partial charge < -0.3 is 30.5 Å². The molecule has 1 aliphatic heterocycles. The lowest BCUT2D eigenvalue weighted by Crippen LogP contribution is -2.44. The maximum atomic E-state index is 12.0. The number of hydrogen-bond acceptors (Lipinski definition) is 8. The molecule has 10 heteroatoms. The van der Waals surface area contributed by atoms with Crippen molar-refractivity contribution in [3.63, 3.8) is 0 Å². The Hall–Kier alpha value is -1.85. The highest BCUT2D eigenvalue weighted by atomic mass is 16.5. The average molecular weight is 329 g/mol. The lowest BCUT2D eigenvalue weighted by Gasteiger charge is -2.24. The van der Waals surface area contributed by atoms with E-state index in [1.165, 1.54) is 19.2 Å². The van der Waals surface area contributed by atoms with E-state index in [-0.39, 0.29) is 18.1 Å². The summed E-state index contributed by atoms with van der Waals surface area (Å²) in [6.07, 6.45) is -5.46. The van der Waals surface area contributed by atoms with Gasteiger partial charge in [-0.25, -0.2) is 4.79 Å². The summed E-state index contributed by atoms with van der Waals surface area (Å²) in [5.74, 6) is -0.325. The van der Waals surface area contributed by atoms with Crippen LogP contribution < -0.4 is 11.0 Å². The van der Waals surface area contributed by atoms with Gasteiger partial charge in [0, 0.05) is 19.5 Å². The molecule has 0 saturated carbocycles. The minimum Gasteiger partial charge on any atom is -0.394 e. The molecular formula is C13H19N3O7. The quantitative estimate of drug-likeness (QED) is 0.410. The van der Waals surface area contributed by atoms with Crippen molar-refractivity contribution in [2.24, 2.45) is 0 Å². The molecule has 1 aliphatic rings. The van der Waals surface area contributed by atoms with Gasteiger partial charge >= 0.3 is 5.69 Å². The summed E-state index contributed by atoms with van der Waals surface area (Å²) in [6, 6.07) is 1.37. The van der Waals surface area contributed by atoms with Crippen LogP contribution >= 0.6 is 0 Å². The Morgan fingerprint density at radius 1 is 1.43 bits per heavy atom. The number of rotatable bonds is 3. The topological polar surface area (TPSA) is 154 Å². The number of anilines is 1. The van der Waals surface area contributed by atoms with Crippen LogP contribution in [0.15, 0.2) is 17.1 Å². The number of hydrogen-bond donors (Lipinski definition) is 5. The first-order valence-electron chi connectivity index (χ1n) is 7.00. The van der Waals surface area contributed by atoms with Gasteiger partial charge in [0.05, 0.1) is 12.7 Å². The van der Waals surface area contributed by atoms with Crippen molar-refractivity contribution < 1.29 is 30.0 Å². The molecule has 5 atom stereocenters. The summed E-state index contributed by atoms with van der Waals surface area (Å²) >= 11 is 0. The van der Waals surface area contributed by atoms with Gasteiger partial charge in [-0.1, -0.05) is 0 Å². The normalized spacial score (nSPS) is 31.4. The molecule has 0 aliphatic carbocycles. The summed E-state index contributed by atoms with van der Waals surface area (Å²) < 4.78 is 6.46. The standard InChI is InChI=1S/C13H19N3O7/c1-6(18)14-9-2-3-16(13(22)15-9)10-4-7(19)11(20)12(21)8(5-17)23-10/h2-3,7-8,10-12,17,19-21H,4-5H2,1H3,(H,14,15,18,22)/t7-,8?,10?,11-,12+/m0/s1. The molecule has 0 aromatic carbocycles. The minimum absolute atomic E-state index is 0.0618. The molecule has 2 unspecified atom stereocenters. The first kappa shape index (κ1) is 17.5. The number of aliphatic hydroxyl groups is 4. The number of aliphatic hydroxyl groups excluding tert-OH is 4. The van der Waals surface area contributed by atoms with Crippen LogP contribution in [0.25, 0.3) is 0 Å². The Kier molecular flexibility index (Phi) is 5.44. The lowest BCUT2D eigenvalue weighted by atomic mass is 10.0. The van der Waals surface area contributed by atoms with Crippen LogP contribution in [0.5, 0.6) is 0 Å². The number of nitrogens with zero attached hydrogens (tertiary/aromatic N) is 2. The second-order valence-electron chi connectivity index (χ2n) is 5.28. The molecule has 0 spiro atoms. The van der Waals surface area contributed by atoms with Crippen LogP contribution in [-0.2, 0) is 9.53 Å². The Labute approximate surface area is 131 Å². The highest BCUT2D eigenvalue weighted by Gasteiger charge is 2.39. The maximum Gasteiger partial charge on any atom is 0.351 e. The third-order valence-corrected chi connectivity index (χ3v) is 3.52. The van der Waals surface area contributed by atoms with Crippen molar-refractivity contribution in [1.29, 1.82) is 0 Å². The molecule has 1 amide bonds. The van der Waals surface area contributed by atoms with Crippen LogP contribution in [0.3, 0.4) is 0 Å². The number of nitrogens with one attached hydrogen (secondary N) is 1. The number of carbonyl (C=O) groups excluding carboxylic acids is 1. The van der Waals surface area contributed by atoms with E-state index in [9.17, 15) is 30.0 Å². The number of carbonyl (C=O) groups is 1. The highest BCUT2D eigenvalue weighted by Crippen LogP contribution is 2.26. The monoisotopic (exact) mass is 329 g/mol. The second kappa shape index (κ2) is 7.15. The predicted octanol–water partition coefficient (Wildman–Crippen LogP) is -2.44. The molecule has 1 aromatic heterocycles. The molecule has 23 heavy (non-hydrogen) atoms. The summed E-state index contributed by atoms with van der Waals surface area (Å²) in [5, 5.41) is 41.1. The zero-order chi connectivity index (χ0) is 17.1. The number of aromatic nitrogens is 2. The van der Waals surface area contributed by atoms with Gasteiger partial charge in [0.15, 0.2) is 0 Å². The fourth-order valence-electron chi connectivity index (χ4n) is 2.34. The van der Waals surface area contributed by atoms with Gasteiger partial charge in [-0.05, 0) is 6.07 Å². The van der Waals surface area contributed by atoms with Gasteiger partial charge in [0.2, 0.25) is 5.91 Å². The van der Waals surface area contributed by atoms with Gasteiger partial charge in [0.1, 0.15) is 30.4 Å². The van der Waals surface area contributed by atoms with E-state index in [4.69, 9.17) is 4.74 Å². The largest absolute Gasteiger partial charge is 0.394 e. The fraction of sp³-hybridized carbons (Fsp3) is 0.615. The molecular weight excluding hydrogens is 310 g/mol. The highest BCUT2D eigenvalue weighted by molar-refractivity contribution is 5.87. The molecule has 1 fully saturated rings. The van der Waals surface area contributed by atoms with Crippen LogP contribution in [0.2, 0.25) is 0 Å². The molecule has 2 rings (SSSR count). The second-order valence-corrected chi connectivity index (χ2v) is 5.28. The number of ether oxygens (including phenoxy) is 1. The summed E-state index contributed by atoms with van der Waals surface area (Å²) in [5.41, 5.74) is -0.754. The molecule has 0 radical (unpaired) electrons. The third kappa shape index (κ3) is 3.92. The van der Waals surface area contributed by atoms with Crippen molar-refractivity contribution in [2.75, 3.05) is 11.9 Å². The first-order chi connectivity index (χ1) is 10.8. The summed E-state index contributed by atoms with van der Waals surface area (Å²) in [4.78, 5) is 26.7. The Morgan fingerprint density at radius 2 is 2.13 bits per heavy atom. The summed E-state index contributed by atoms with van der Waals surface area (Å²) in [7, 11) is 0.